The maximum absolute atomic E-state index is 12.6. The van der Waals surface area contributed by atoms with Crippen LogP contribution in [0, 0.1) is 6.92 Å². The molecular formula is C21H25NO3. The number of ether oxygens (including phenoxy) is 2. The van der Waals surface area contributed by atoms with Gasteiger partial charge < -0.3 is 14.4 Å². The summed E-state index contributed by atoms with van der Waals surface area (Å²) in [6.45, 7) is 7.10. The van der Waals surface area contributed by atoms with E-state index in [1.807, 2.05) is 63.2 Å². The first kappa shape index (κ1) is 18.6. The highest BCUT2D eigenvalue weighted by Crippen LogP contribution is 2.28. The van der Waals surface area contributed by atoms with Crippen LogP contribution in [0.3, 0.4) is 0 Å². The molecule has 2 aromatic rings. The molecule has 0 aliphatic rings. The van der Waals surface area contributed by atoms with E-state index >= 15 is 0 Å². The van der Waals surface area contributed by atoms with E-state index in [0.717, 1.165) is 16.8 Å². The van der Waals surface area contributed by atoms with Crippen molar-refractivity contribution in [3.05, 3.63) is 59.7 Å². The number of likely N-dealkylation sites (N-methyl/N-ethyl adjacent to an activating group) is 1. The van der Waals surface area contributed by atoms with Crippen molar-refractivity contribution in [2.75, 3.05) is 25.2 Å². The number of carbonyl (C=O) groups is 1. The Hall–Kier alpha value is -2.75. The van der Waals surface area contributed by atoms with Gasteiger partial charge in [-0.25, -0.2) is 0 Å². The van der Waals surface area contributed by atoms with E-state index in [0.29, 0.717) is 24.7 Å². The van der Waals surface area contributed by atoms with Gasteiger partial charge in [-0.1, -0.05) is 18.2 Å². The summed E-state index contributed by atoms with van der Waals surface area (Å²) in [5.41, 5.74) is 2.92. The number of carbonyl (C=O) groups excluding carboxylic acids is 1. The van der Waals surface area contributed by atoms with Gasteiger partial charge >= 0.3 is 0 Å². The van der Waals surface area contributed by atoms with E-state index in [1.54, 1.807) is 24.2 Å². The number of anilines is 1. The molecule has 0 spiro atoms. The molecule has 2 aromatic carbocycles. The summed E-state index contributed by atoms with van der Waals surface area (Å²) < 4.78 is 10.9. The van der Waals surface area contributed by atoms with E-state index in [2.05, 4.69) is 0 Å². The van der Waals surface area contributed by atoms with Crippen molar-refractivity contribution >= 4 is 17.7 Å². The van der Waals surface area contributed by atoms with Crippen molar-refractivity contribution in [1.82, 2.24) is 0 Å². The molecule has 0 fully saturated rings. The molecule has 0 radical (unpaired) electrons. The van der Waals surface area contributed by atoms with Crippen LogP contribution in [0.15, 0.2) is 48.5 Å². The van der Waals surface area contributed by atoms with Crippen molar-refractivity contribution in [2.24, 2.45) is 0 Å². The van der Waals surface area contributed by atoms with Crippen molar-refractivity contribution in [3.63, 3.8) is 0 Å². The molecule has 0 atom stereocenters. The number of benzene rings is 2. The van der Waals surface area contributed by atoms with Gasteiger partial charge in [0.2, 0.25) is 0 Å². The topological polar surface area (TPSA) is 38.8 Å². The largest absolute Gasteiger partial charge is 0.493 e. The van der Waals surface area contributed by atoms with Crippen LogP contribution >= 0.6 is 0 Å². The van der Waals surface area contributed by atoms with Crippen LogP contribution in [0.4, 0.5) is 5.69 Å². The lowest BCUT2D eigenvalue weighted by Crippen LogP contribution is -2.28. The fourth-order valence-corrected chi connectivity index (χ4v) is 2.58. The highest BCUT2D eigenvalue weighted by Gasteiger charge is 2.11. The Balaban J connectivity index is 2.18. The van der Waals surface area contributed by atoms with Crippen LogP contribution < -0.4 is 14.4 Å². The molecule has 0 saturated heterocycles. The summed E-state index contributed by atoms with van der Waals surface area (Å²) in [5.74, 6) is 1.30. The van der Waals surface area contributed by atoms with Gasteiger partial charge in [0, 0.05) is 18.3 Å². The summed E-state index contributed by atoms with van der Waals surface area (Å²) in [5, 5.41) is 0. The third-order valence-corrected chi connectivity index (χ3v) is 3.80. The molecule has 0 saturated carbocycles. The summed E-state index contributed by atoms with van der Waals surface area (Å²) in [6.07, 6.45) is 3.37. The minimum Gasteiger partial charge on any atom is -0.493 e. The Labute approximate surface area is 149 Å². The first-order valence-electron chi connectivity index (χ1n) is 8.46. The molecule has 0 aliphatic heterocycles. The molecule has 1 amide bonds. The number of nitrogens with zero attached hydrogens (tertiary/aromatic N) is 1. The zero-order valence-corrected chi connectivity index (χ0v) is 15.3. The third-order valence-electron chi connectivity index (χ3n) is 3.80. The maximum atomic E-state index is 12.6. The smallest absolute Gasteiger partial charge is 0.250 e. The van der Waals surface area contributed by atoms with Crippen LogP contribution in [-0.2, 0) is 4.79 Å². The lowest BCUT2D eigenvalue weighted by Gasteiger charge is -2.19. The Bertz CT molecular complexity index is 753. The molecule has 0 unspecified atom stereocenters. The second-order valence-electron chi connectivity index (χ2n) is 5.60. The predicted octanol–water partition coefficient (Wildman–Crippen LogP) is 4.47. The van der Waals surface area contributed by atoms with Gasteiger partial charge in [-0.15, -0.1) is 0 Å². The predicted molar refractivity (Wildman–Crippen MR) is 102 cm³/mol. The van der Waals surface area contributed by atoms with E-state index < -0.39 is 0 Å². The lowest BCUT2D eigenvalue weighted by atomic mass is 10.1. The Morgan fingerprint density at radius 3 is 2.56 bits per heavy atom. The van der Waals surface area contributed by atoms with Crippen LogP contribution in [0.2, 0.25) is 0 Å². The lowest BCUT2D eigenvalue weighted by molar-refractivity contribution is -0.114. The number of hydrogen-bond acceptors (Lipinski definition) is 3. The van der Waals surface area contributed by atoms with Gasteiger partial charge in [-0.05, 0) is 62.2 Å². The molecule has 25 heavy (non-hydrogen) atoms. The quantitative estimate of drug-likeness (QED) is 0.699. The normalized spacial score (nSPS) is 10.7. The van der Waals surface area contributed by atoms with Gasteiger partial charge in [0.15, 0.2) is 11.5 Å². The highest BCUT2D eigenvalue weighted by molar-refractivity contribution is 6.03. The van der Waals surface area contributed by atoms with Gasteiger partial charge in [0.05, 0.1) is 13.7 Å². The van der Waals surface area contributed by atoms with Crippen LogP contribution in [0.1, 0.15) is 25.0 Å². The summed E-state index contributed by atoms with van der Waals surface area (Å²) in [6, 6.07) is 13.5. The minimum absolute atomic E-state index is 0.0547. The number of hydrogen-bond donors (Lipinski definition) is 0. The van der Waals surface area contributed by atoms with Gasteiger partial charge in [-0.2, -0.15) is 0 Å². The van der Waals surface area contributed by atoms with Gasteiger partial charge in [0.1, 0.15) is 0 Å². The van der Waals surface area contributed by atoms with Crippen molar-refractivity contribution in [3.8, 4) is 11.5 Å². The summed E-state index contributed by atoms with van der Waals surface area (Å²) >= 11 is 0. The van der Waals surface area contributed by atoms with Gasteiger partial charge in [-0.3, -0.25) is 4.79 Å². The first-order valence-corrected chi connectivity index (χ1v) is 8.46. The monoisotopic (exact) mass is 339 g/mol. The van der Waals surface area contributed by atoms with Crippen molar-refractivity contribution in [1.29, 1.82) is 0 Å². The van der Waals surface area contributed by atoms with Crippen LogP contribution in [0.5, 0.6) is 11.5 Å². The molecule has 0 N–H and O–H groups in total. The second kappa shape index (κ2) is 8.92. The fourth-order valence-electron chi connectivity index (χ4n) is 2.58. The standard InChI is InChI=1S/C21H25NO3/c1-5-22(18-9-7-8-16(3)14-18)21(23)13-11-17-10-12-19(25-6-2)20(15-17)24-4/h7-15H,5-6H2,1-4H3/b13-11+. The Morgan fingerprint density at radius 2 is 1.92 bits per heavy atom. The van der Waals surface area contributed by atoms with Crippen LogP contribution in [-0.4, -0.2) is 26.2 Å². The highest BCUT2D eigenvalue weighted by atomic mass is 16.5. The Morgan fingerprint density at radius 1 is 1.12 bits per heavy atom. The third kappa shape index (κ3) is 4.86. The average molecular weight is 339 g/mol. The molecule has 0 heterocycles. The average Bonchev–Trinajstić information content (AvgIpc) is 2.61. The minimum atomic E-state index is -0.0547. The Kier molecular flexibility index (Phi) is 6.63. The summed E-state index contributed by atoms with van der Waals surface area (Å²) in [4.78, 5) is 14.3. The molecule has 4 heteroatoms. The zero-order valence-electron chi connectivity index (χ0n) is 15.3. The van der Waals surface area contributed by atoms with E-state index in [9.17, 15) is 4.79 Å². The van der Waals surface area contributed by atoms with E-state index in [4.69, 9.17) is 9.47 Å². The molecule has 132 valence electrons. The number of amides is 1. The summed E-state index contributed by atoms with van der Waals surface area (Å²) in [7, 11) is 1.60. The second-order valence-corrected chi connectivity index (χ2v) is 5.60. The van der Waals surface area contributed by atoms with E-state index in [-0.39, 0.29) is 5.91 Å². The van der Waals surface area contributed by atoms with Crippen molar-refractivity contribution in [2.45, 2.75) is 20.8 Å². The van der Waals surface area contributed by atoms with E-state index in [1.165, 1.54) is 0 Å². The fraction of sp³-hybridized carbons (Fsp3) is 0.286. The molecule has 0 aromatic heterocycles. The van der Waals surface area contributed by atoms with Crippen LogP contribution in [0.25, 0.3) is 6.08 Å². The maximum Gasteiger partial charge on any atom is 0.250 e. The molecule has 0 aliphatic carbocycles. The SMILES string of the molecule is CCOc1ccc(/C=C/C(=O)N(CC)c2cccc(C)c2)cc1OC. The molecule has 4 nitrogen and oxygen atoms in total. The first-order chi connectivity index (χ1) is 12.1. The number of aryl methyl sites for hydroxylation is 1. The molecular weight excluding hydrogens is 314 g/mol. The van der Waals surface area contributed by atoms with Crippen molar-refractivity contribution < 1.29 is 14.3 Å². The zero-order chi connectivity index (χ0) is 18.2. The molecule has 2 rings (SSSR count). The van der Waals surface area contributed by atoms with Gasteiger partial charge in [0.25, 0.3) is 5.91 Å². The number of methoxy groups -OCH3 is 1. The molecule has 0 bridgehead atoms. The number of rotatable bonds is 7.